The molecule has 168 valence electrons. The Morgan fingerprint density at radius 3 is 2.56 bits per heavy atom. The van der Waals surface area contributed by atoms with E-state index in [9.17, 15) is 24.3 Å². The van der Waals surface area contributed by atoms with Gasteiger partial charge in [-0.15, -0.1) is 0 Å². The van der Waals surface area contributed by atoms with Crippen molar-refractivity contribution < 1.29 is 19.1 Å². The van der Waals surface area contributed by atoms with Crippen molar-refractivity contribution in [3.63, 3.8) is 0 Å². The van der Waals surface area contributed by atoms with Gasteiger partial charge in [0, 0.05) is 18.4 Å². The molecule has 2 amide bonds. The SMILES string of the molecule is N#C[C@@H]1CCN(C(=O)O)C(CCC2CC2)[C@H]1n1cc(C(N)=O)c(Nc2ccc(F)cc2)n1. The van der Waals surface area contributed by atoms with Gasteiger partial charge < -0.3 is 21.1 Å². The van der Waals surface area contributed by atoms with E-state index in [-0.39, 0.29) is 17.9 Å². The molecular formula is C22H25FN6O3. The van der Waals surface area contributed by atoms with Crippen LogP contribution >= 0.6 is 0 Å². The number of nitrogens with two attached hydrogens (primary N) is 1. The van der Waals surface area contributed by atoms with E-state index in [4.69, 9.17) is 5.73 Å². The maximum atomic E-state index is 13.2. The number of likely N-dealkylation sites (tertiary alicyclic amines) is 1. The Balaban J connectivity index is 1.69. The fourth-order valence-corrected chi connectivity index (χ4v) is 4.43. The van der Waals surface area contributed by atoms with E-state index >= 15 is 0 Å². The number of primary amides is 1. The second-order valence-corrected chi connectivity index (χ2v) is 8.45. The molecule has 2 aromatic rings. The van der Waals surface area contributed by atoms with Crippen molar-refractivity contribution in [3.05, 3.63) is 41.8 Å². The highest BCUT2D eigenvalue weighted by Crippen LogP contribution is 2.40. The lowest BCUT2D eigenvalue weighted by Gasteiger charge is -2.42. The predicted molar refractivity (Wildman–Crippen MR) is 114 cm³/mol. The highest BCUT2D eigenvalue weighted by Gasteiger charge is 2.43. The number of rotatable bonds is 7. The number of benzene rings is 1. The Kier molecular flexibility index (Phi) is 5.99. The number of carbonyl (C=O) groups is 2. The molecule has 9 nitrogen and oxygen atoms in total. The van der Waals surface area contributed by atoms with Crippen LogP contribution in [0.5, 0.6) is 0 Å². The normalized spacial score (nSPS) is 22.9. The van der Waals surface area contributed by atoms with Crippen molar-refractivity contribution in [1.29, 1.82) is 5.26 Å². The lowest BCUT2D eigenvalue weighted by molar-refractivity contribution is 0.0560. The Bertz CT molecular complexity index is 1040. The number of piperidine rings is 1. The Morgan fingerprint density at radius 2 is 1.97 bits per heavy atom. The molecule has 1 aliphatic carbocycles. The van der Waals surface area contributed by atoms with Gasteiger partial charge in [0.05, 0.1) is 24.1 Å². The topological polar surface area (TPSA) is 137 Å². The van der Waals surface area contributed by atoms with Gasteiger partial charge in [-0.3, -0.25) is 9.48 Å². The minimum atomic E-state index is -1.03. The molecule has 1 aliphatic heterocycles. The van der Waals surface area contributed by atoms with Gasteiger partial charge in [-0.1, -0.05) is 12.8 Å². The Morgan fingerprint density at radius 1 is 1.25 bits per heavy atom. The van der Waals surface area contributed by atoms with Crippen LogP contribution in [0.3, 0.4) is 0 Å². The van der Waals surface area contributed by atoms with Crippen molar-refractivity contribution in [2.45, 2.75) is 44.2 Å². The third-order valence-electron chi connectivity index (χ3n) is 6.28. The smallest absolute Gasteiger partial charge is 0.407 e. The molecule has 0 spiro atoms. The lowest BCUT2D eigenvalue weighted by Crippen LogP contribution is -2.51. The largest absolute Gasteiger partial charge is 0.465 e. The molecule has 2 heterocycles. The number of aromatic nitrogens is 2. The number of nitrogens with zero attached hydrogens (tertiary/aromatic N) is 4. The third-order valence-corrected chi connectivity index (χ3v) is 6.28. The van der Waals surface area contributed by atoms with Crippen LogP contribution in [-0.2, 0) is 0 Å². The molecule has 2 fully saturated rings. The van der Waals surface area contributed by atoms with Crippen molar-refractivity contribution in [3.8, 4) is 6.07 Å². The van der Waals surface area contributed by atoms with E-state index in [1.807, 2.05) is 0 Å². The molecule has 0 bridgehead atoms. The molecule has 1 saturated heterocycles. The van der Waals surface area contributed by atoms with Gasteiger partial charge >= 0.3 is 6.09 Å². The van der Waals surface area contributed by atoms with Crippen LogP contribution in [0.1, 0.15) is 48.5 Å². The molecule has 10 heteroatoms. The van der Waals surface area contributed by atoms with E-state index in [1.54, 1.807) is 0 Å². The summed E-state index contributed by atoms with van der Waals surface area (Å²) in [4.78, 5) is 25.4. The fourth-order valence-electron chi connectivity index (χ4n) is 4.43. The zero-order valence-corrected chi connectivity index (χ0v) is 17.4. The molecule has 0 radical (unpaired) electrons. The number of amides is 2. The van der Waals surface area contributed by atoms with Crippen molar-refractivity contribution in [1.82, 2.24) is 14.7 Å². The van der Waals surface area contributed by atoms with Gasteiger partial charge in [0.25, 0.3) is 5.91 Å². The summed E-state index contributed by atoms with van der Waals surface area (Å²) in [5.41, 5.74) is 6.18. The number of hydrogen-bond acceptors (Lipinski definition) is 5. The summed E-state index contributed by atoms with van der Waals surface area (Å²) in [6.07, 6.45) is 4.61. The molecule has 1 unspecified atom stereocenters. The van der Waals surface area contributed by atoms with E-state index in [2.05, 4.69) is 16.5 Å². The minimum Gasteiger partial charge on any atom is -0.465 e. The first kappa shape index (κ1) is 21.6. The third kappa shape index (κ3) is 4.51. The molecule has 4 rings (SSSR count). The number of carboxylic acid groups (broad SMARTS) is 1. The van der Waals surface area contributed by atoms with E-state index in [0.717, 1.165) is 19.3 Å². The molecule has 4 N–H and O–H groups in total. The number of anilines is 2. The van der Waals surface area contributed by atoms with Crippen LogP contribution in [0.25, 0.3) is 0 Å². The maximum absolute atomic E-state index is 13.2. The van der Waals surface area contributed by atoms with Crippen molar-refractivity contribution >= 4 is 23.5 Å². The lowest BCUT2D eigenvalue weighted by atomic mass is 9.84. The molecule has 3 atom stereocenters. The maximum Gasteiger partial charge on any atom is 0.407 e. The number of nitriles is 1. The molecular weight excluding hydrogens is 415 g/mol. The van der Waals surface area contributed by atoms with Crippen LogP contribution in [0, 0.1) is 29.0 Å². The summed E-state index contributed by atoms with van der Waals surface area (Å²) in [5, 5.41) is 27.0. The fraction of sp³-hybridized carbons (Fsp3) is 0.455. The second kappa shape index (κ2) is 8.86. The van der Waals surface area contributed by atoms with Gasteiger partial charge in [-0.2, -0.15) is 10.4 Å². The number of nitrogens with one attached hydrogen (secondary N) is 1. The zero-order chi connectivity index (χ0) is 22.8. The Labute approximate surface area is 184 Å². The molecule has 1 aromatic heterocycles. The standard InChI is InChI=1S/C22H25FN6O3/c23-15-4-6-16(7-5-15)26-21-17(20(25)30)12-29(27-21)19-14(11-24)9-10-28(22(31)32)18(19)8-3-13-1-2-13/h4-7,12-14,18-19H,1-3,8-10H2,(H2,25,30)(H,26,27)(H,31,32)/t14-,18?,19-/m0/s1. The number of halogens is 1. The Hall–Kier alpha value is -3.61. The van der Waals surface area contributed by atoms with Gasteiger partial charge in [0.2, 0.25) is 0 Å². The van der Waals surface area contributed by atoms with Crippen LogP contribution in [0.15, 0.2) is 30.5 Å². The van der Waals surface area contributed by atoms with Crippen LogP contribution in [0.4, 0.5) is 20.7 Å². The summed E-state index contributed by atoms with van der Waals surface area (Å²) in [6, 6.07) is 6.86. The quantitative estimate of drug-likeness (QED) is 0.603. The van der Waals surface area contributed by atoms with Gasteiger partial charge in [-0.25, -0.2) is 9.18 Å². The average Bonchev–Trinajstić information content (AvgIpc) is 3.51. The van der Waals surface area contributed by atoms with Crippen LogP contribution in [-0.4, -0.2) is 44.4 Å². The minimum absolute atomic E-state index is 0.111. The first-order valence-corrected chi connectivity index (χ1v) is 10.7. The molecule has 1 saturated carbocycles. The van der Waals surface area contributed by atoms with Crippen LogP contribution in [0.2, 0.25) is 0 Å². The summed E-state index contributed by atoms with van der Waals surface area (Å²) in [7, 11) is 0. The highest BCUT2D eigenvalue weighted by molar-refractivity contribution is 5.98. The molecule has 1 aromatic carbocycles. The van der Waals surface area contributed by atoms with Gasteiger partial charge in [0.1, 0.15) is 11.4 Å². The zero-order valence-electron chi connectivity index (χ0n) is 17.4. The molecule has 32 heavy (non-hydrogen) atoms. The second-order valence-electron chi connectivity index (χ2n) is 8.45. The number of hydrogen-bond donors (Lipinski definition) is 3. The van der Waals surface area contributed by atoms with Gasteiger partial charge in [0.15, 0.2) is 5.82 Å². The highest BCUT2D eigenvalue weighted by atomic mass is 19.1. The summed E-state index contributed by atoms with van der Waals surface area (Å²) in [6.45, 7) is 0.282. The van der Waals surface area contributed by atoms with Crippen molar-refractivity contribution in [2.75, 3.05) is 11.9 Å². The summed E-state index contributed by atoms with van der Waals surface area (Å²) in [5.74, 6) is -0.802. The van der Waals surface area contributed by atoms with Crippen LogP contribution < -0.4 is 11.1 Å². The monoisotopic (exact) mass is 440 g/mol. The summed E-state index contributed by atoms with van der Waals surface area (Å²) >= 11 is 0. The predicted octanol–water partition coefficient (Wildman–Crippen LogP) is 3.49. The van der Waals surface area contributed by atoms with E-state index < -0.39 is 35.8 Å². The van der Waals surface area contributed by atoms with Crippen molar-refractivity contribution in [2.24, 2.45) is 17.6 Å². The molecule has 2 aliphatic rings. The average molecular weight is 440 g/mol. The van der Waals surface area contributed by atoms with Gasteiger partial charge in [-0.05, 0) is 49.4 Å². The van der Waals surface area contributed by atoms with E-state index in [0.29, 0.717) is 24.4 Å². The first-order chi connectivity index (χ1) is 15.4. The van der Waals surface area contributed by atoms with E-state index in [1.165, 1.54) is 40.0 Å². The summed E-state index contributed by atoms with van der Waals surface area (Å²) < 4.78 is 14.7. The first-order valence-electron chi connectivity index (χ1n) is 10.7. The number of carbonyl (C=O) groups excluding carboxylic acids is 1.